The molecule has 14 unspecified atom stereocenters. The molecule has 0 rings (SSSR count). The van der Waals surface area contributed by atoms with Crippen LogP contribution in [0.1, 0.15) is 177 Å². The second-order valence-corrected chi connectivity index (χ2v) is 30.5. The minimum atomic E-state index is -1.25. The van der Waals surface area contributed by atoms with Gasteiger partial charge in [-0.2, -0.15) is 0 Å². The highest BCUT2D eigenvalue weighted by Gasteiger charge is 2.38. The lowest BCUT2D eigenvalue weighted by atomic mass is 10.1. The van der Waals surface area contributed by atoms with Gasteiger partial charge in [-0.15, -0.1) is 0 Å². The number of aliphatic hydroxyl groups excluding tert-OH is 8. The molecule has 0 spiro atoms. The van der Waals surface area contributed by atoms with Crippen molar-refractivity contribution in [1.29, 1.82) is 0 Å². The Hall–Kier alpha value is -7.78. The lowest BCUT2D eigenvalue weighted by Crippen LogP contribution is -2.57. The Balaban J connectivity index is 7.22. The van der Waals surface area contributed by atoms with Gasteiger partial charge in [0.1, 0.15) is 39.3 Å². The van der Waals surface area contributed by atoms with E-state index in [4.69, 9.17) is 5.73 Å². The van der Waals surface area contributed by atoms with E-state index in [2.05, 4.69) is 5.32 Å². The van der Waals surface area contributed by atoms with Crippen LogP contribution in [-0.2, 0) is 67.1 Å². The maximum atomic E-state index is 14.9. The first-order valence-electron chi connectivity index (χ1n) is 39.7. The third kappa shape index (κ3) is 39.4. The van der Waals surface area contributed by atoms with Gasteiger partial charge in [-0.25, -0.2) is 0 Å². The minimum Gasteiger partial charge on any atom is -0.392 e. The standard InChI is InChI=1S/C76H141N15O22/c1-21-49(7)86(43-70(107)84(34-61(19)98)41-68(105)83(33-60(18)97)39-67(104)81(31-58(16)95)38-65(102)79(29-56(14)93)36-63(77)100)72(109)45-88(51(9)23-3)74(111)47-90(53(11)25-5)76(113)48-91(54(12)26-6)75(112)46-89(52(10)24-4)73(110)44-87(50(8)22-2)71(108)42-85(35-62(20)99)69(106)40-82(32-59(17)96)66(103)37-80(30-57(15)94)64(101)28-78-27-55(13)92/h49-62,78,92-99H,21-48H2,1-20H3,(H2,77,100). The van der Waals surface area contributed by atoms with Crippen LogP contribution in [0.3, 0.4) is 0 Å². The molecule has 0 fully saturated rings. The Kier molecular flexibility index (Phi) is 49.7. The molecule has 37 heteroatoms. The summed E-state index contributed by atoms with van der Waals surface area (Å²) in [5, 5.41) is 85.4. The number of hydrogen-bond acceptors (Lipinski definition) is 23. The summed E-state index contributed by atoms with van der Waals surface area (Å²) < 4.78 is 0. The molecule has 14 atom stereocenters. The molecule has 0 radical (unpaired) electrons. The number of carbonyl (C=O) groups excluding carboxylic acids is 14. The molecule has 0 aromatic rings. The van der Waals surface area contributed by atoms with Gasteiger partial charge in [0.15, 0.2) is 0 Å². The molecule has 14 amide bonds. The van der Waals surface area contributed by atoms with Crippen LogP contribution in [-0.4, -0.2) is 416 Å². The summed E-state index contributed by atoms with van der Waals surface area (Å²) in [7, 11) is 0. The fraction of sp³-hybridized carbons (Fsp3) is 0.816. The summed E-state index contributed by atoms with van der Waals surface area (Å²) in [4.78, 5) is 213. The first-order chi connectivity index (χ1) is 52.5. The van der Waals surface area contributed by atoms with Crippen LogP contribution in [0.5, 0.6) is 0 Å². The van der Waals surface area contributed by atoms with Crippen LogP contribution in [0.25, 0.3) is 0 Å². The molecule has 0 aliphatic carbocycles. The highest BCUT2D eigenvalue weighted by molar-refractivity contribution is 5.96. The van der Waals surface area contributed by atoms with Crippen LogP contribution in [0, 0.1) is 0 Å². The second-order valence-electron chi connectivity index (χ2n) is 30.5. The van der Waals surface area contributed by atoms with Gasteiger partial charge in [0, 0.05) is 88.6 Å². The smallest absolute Gasteiger partial charge is 0.242 e. The fourth-order valence-electron chi connectivity index (χ4n) is 12.0. The molecule has 0 aliphatic rings. The number of hydrogen-bond donors (Lipinski definition) is 10. The SMILES string of the molecule is CCC(C)N(CC(=O)N(CC(=O)N(CC(=O)N(CC(=O)N(CC(N)=O)CC(C)O)CC(C)O)CC(C)O)CC(C)O)C(=O)CN(C(=O)CN(C(=O)CN(C(=O)CN(C(=O)CN(C(=O)CN(CC(C)O)C(=O)CN(CC(C)O)C(=O)CN(CC(C)O)C(=O)CNCC(C)O)C(C)CC)C(C)CC)C(C)CC)C(C)CC)C(C)CC. The topological polar surface area (TPSA) is 481 Å². The summed E-state index contributed by atoms with van der Waals surface area (Å²) in [5.74, 6) is -10.6. The highest BCUT2D eigenvalue weighted by atomic mass is 16.3. The van der Waals surface area contributed by atoms with E-state index in [0.717, 1.165) is 34.3 Å². The first-order valence-corrected chi connectivity index (χ1v) is 39.7. The average molecular weight is 1620 g/mol. The summed E-state index contributed by atoms with van der Waals surface area (Å²) in [6.45, 7) is 20.4. The van der Waals surface area contributed by atoms with Crippen LogP contribution in [0.2, 0.25) is 0 Å². The molecule has 37 nitrogen and oxygen atoms in total. The Labute approximate surface area is 668 Å². The third-order valence-corrected chi connectivity index (χ3v) is 19.4. The molecule has 652 valence electrons. The number of amides is 14. The van der Waals surface area contributed by atoms with E-state index in [1.165, 1.54) is 84.8 Å². The molecule has 113 heavy (non-hydrogen) atoms. The number of nitrogens with zero attached hydrogens (tertiary/aromatic N) is 13. The highest BCUT2D eigenvalue weighted by Crippen LogP contribution is 2.19. The van der Waals surface area contributed by atoms with E-state index < -0.39 is 286 Å². The maximum absolute atomic E-state index is 14.9. The van der Waals surface area contributed by atoms with E-state index in [1.54, 1.807) is 83.1 Å². The summed E-state index contributed by atoms with van der Waals surface area (Å²) in [6, 6.07) is -3.80. The van der Waals surface area contributed by atoms with Crippen LogP contribution in [0.4, 0.5) is 0 Å². The zero-order chi connectivity index (χ0) is 87.2. The number of rotatable bonds is 56. The monoisotopic (exact) mass is 1620 g/mol. The van der Waals surface area contributed by atoms with Gasteiger partial charge in [0.2, 0.25) is 82.7 Å². The Bertz CT molecular complexity index is 3020. The van der Waals surface area contributed by atoms with Crippen molar-refractivity contribution >= 4 is 82.7 Å². The van der Waals surface area contributed by atoms with Crippen LogP contribution in [0.15, 0.2) is 0 Å². The molecular weight excluding hydrogens is 1470 g/mol. The zero-order valence-electron chi connectivity index (χ0n) is 71.1. The van der Waals surface area contributed by atoms with Gasteiger partial charge in [-0.1, -0.05) is 41.5 Å². The lowest BCUT2D eigenvalue weighted by molar-refractivity contribution is -0.153. The molecule has 0 saturated carbocycles. The van der Waals surface area contributed by atoms with Gasteiger partial charge in [-0.05, 0) is 135 Å². The van der Waals surface area contributed by atoms with Crippen molar-refractivity contribution in [3.63, 3.8) is 0 Å². The molecule has 0 aromatic heterocycles. The van der Waals surface area contributed by atoms with Gasteiger partial charge in [-0.3, -0.25) is 67.1 Å². The van der Waals surface area contributed by atoms with Crippen molar-refractivity contribution in [3.05, 3.63) is 0 Å². The van der Waals surface area contributed by atoms with Crippen molar-refractivity contribution in [2.75, 3.05) is 144 Å². The van der Waals surface area contributed by atoms with Gasteiger partial charge < -0.3 is 116 Å². The number of carbonyl (C=O) groups is 14. The number of aliphatic hydroxyl groups is 8. The fourth-order valence-corrected chi connectivity index (χ4v) is 12.0. The normalized spacial score (nSPS) is 15.1. The number of nitrogens with two attached hydrogens (primary N) is 1. The Morgan fingerprint density at radius 1 is 0.230 bits per heavy atom. The Morgan fingerprint density at radius 2 is 0.381 bits per heavy atom. The van der Waals surface area contributed by atoms with Crippen molar-refractivity contribution in [3.8, 4) is 0 Å². The van der Waals surface area contributed by atoms with Gasteiger partial charge in [0.25, 0.3) is 0 Å². The zero-order valence-corrected chi connectivity index (χ0v) is 71.1. The van der Waals surface area contributed by atoms with E-state index in [0.29, 0.717) is 38.5 Å². The van der Waals surface area contributed by atoms with Crippen molar-refractivity contribution in [1.82, 2.24) is 69.0 Å². The molecule has 0 aromatic carbocycles. The predicted molar refractivity (Wildman–Crippen MR) is 420 cm³/mol. The predicted octanol–water partition coefficient (Wildman–Crippen LogP) is -3.33. The maximum Gasteiger partial charge on any atom is 0.242 e. The molecular formula is C76H141N15O22. The first kappa shape index (κ1) is 105. The largest absolute Gasteiger partial charge is 0.392 e. The van der Waals surface area contributed by atoms with Crippen molar-refractivity contribution in [2.45, 2.75) is 262 Å². The summed E-state index contributed by atoms with van der Waals surface area (Å²) in [6.07, 6.45) is -7.10. The van der Waals surface area contributed by atoms with E-state index >= 15 is 0 Å². The molecule has 11 N–H and O–H groups in total. The lowest BCUT2D eigenvalue weighted by Gasteiger charge is -2.38. The van der Waals surface area contributed by atoms with Crippen molar-refractivity contribution in [2.24, 2.45) is 5.73 Å². The molecule has 0 saturated heterocycles. The van der Waals surface area contributed by atoms with Gasteiger partial charge >= 0.3 is 0 Å². The van der Waals surface area contributed by atoms with Crippen molar-refractivity contribution < 1.29 is 108 Å². The number of nitrogens with one attached hydrogen (secondary N) is 1. The quantitative estimate of drug-likeness (QED) is 0.0285. The second kappa shape index (κ2) is 53.4. The minimum absolute atomic E-state index is 0.0561. The van der Waals surface area contributed by atoms with Crippen LogP contribution >= 0.6 is 0 Å². The number of primary amides is 1. The molecule has 0 heterocycles. The van der Waals surface area contributed by atoms with E-state index in [9.17, 15) is 108 Å². The summed E-state index contributed by atoms with van der Waals surface area (Å²) >= 11 is 0. The van der Waals surface area contributed by atoms with Crippen LogP contribution < -0.4 is 11.1 Å². The Morgan fingerprint density at radius 3 is 0.549 bits per heavy atom. The molecule has 0 aliphatic heterocycles. The average Bonchev–Trinajstić information content (AvgIpc) is 0.814. The van der Waals surface area contributed by atoms with E-state index in [-0.39, 0.29) is 26.2 Å². The third-order valence-electron chi connectivity index (χ3n) is 19.4. The molecule has 0 bridgehead atoms. The van der Waals surface area contributed by atoms with Gasteiger partial charge in [0.05, 0.1) is 101 Å². The summed E-state index contributed by atoms with van der Waals surface area (Å²) in [5.41, 5.74) is 5.34. The van der Waals surface area contributed by atoms with E-state index in [1.807, 2.05) is 0 Å².